The van der Waals surface area contributed by atoms with Crippen molar-refractivity contribution in [1.29, 1.82) is 0 Å². The molecule has 106 valence electrons. The number of aromatic nitrogens is 2. The molecule has 7 nitrogen and oxygen atoms in total. The minimum atomic E-state index is -3.95. The fourth-order valence-corrected chi connectivity index (χ4v) is 3.08. The summed E-state index contributed by atoms with van der Waals surface area (Å²) in [7, 11) is -3.95. The van der Waals surface area contributed by atoms with Gasteiger partial charge in [-0.3, -0.25) is 5.10 Å². The van der Waals surface area contributed by atoms with Crippen LogP contribution in [0.3, 0.4) is 0 Å². The summed E-state index contributed by atoms with van der Waals surface area (Å²) >= 11 is 0. The van der Waals surface area contributed by atoms with Gasteiger partial charge in [-0.2, -0.15) is 5.10 Å². The van der Waals surface area contributed by atoms with Gasteiger partial charge in [-0.25, -0.2) is 17.9 Å². The molecule has 3 N–H and O–H groups in total. The largest absolute Gasteiger partial charge is 0.476 e. The number of carboxylic acids is 1. The first kappa shape index (κ1) is 14.2. The van der Waals surface area contributed by atoms with Gasteiger partial charge in [0.25, 0.3) is 0 Å². The Morgan fingerprint density at radius 2 is 2.00 bits per heavy atom. The number of rotatable bonds is 5. The van der Waals surface area contributed by atoms with Crippen molar-refractivity contribution in [2.45, 2.75) is 18.4 Å². The van der Waals surface area contributed by atoms with E-state index >= 15 is 0 Å². The van der Waals surface area contributed by atoms with Crippen LogP contribution >= 0.6 is 0 Å². The molecule has 2 aromatic rings. The maximum Gasteiger partial charge on any atom is 0.357 e. The molecule has 0 spiro atoms. The van der Waals surface area contributed by atoms with Crippen molar-refractivity contribution in [2.75, 3.05) is 0 Å². The van der Waals surface area contributed by atoms with Gasteiger partial charge in [-0.05, 0) is 12.5 Å². The van der Waals surface area contributed by atoms with E-state index in [1.54, 1.807) is 24.3 Å². The van der Waals surface area contributed by atoms with E-state index in [1.165, 1.54) is 6.92 Å². The standard InChI is InChI=1S/C12H13N3O4S/c1-8-11(10(12(16)17)15-14-8)20(18,19)13-7-9-5-3-2-4-6-9/h2-6,13H,7H2,1H3,(H,14,15)(H,16,17). The zero-order valence-electron chi connectivity index (χ0n) is 10.6. The fraction of sp³-hybridized carbons (Fsp3) is 0.167. The third-order valence-electron chi connectivity index (χ3n) is 2.67. The van der Waals surface area contributed by atoms with E-state index in [-0.39, 0.29) is 17.1 Å². The van der Waals surface area contributed by atoms with Crippen LogP contribution in [0.25, 0.3) is 0 Å². The number of carbonyl (C=O) groups is 1. The average Bonchev–Trinajstić information content (AvgIpc) is 2.81. The Morgan fingerprint density at radius 1 is 1.35 bits per heavy atom. The number of nitrogens with one attached hydrogen (secondary N) is 2. The van der Waals surface area contributed by atoms with Crippen LogP contribution in [0, 0.1) is 6.92 Å². The van der Waals surface area contributed by atoms with Gasteiger partial charge in [-0.15, -0.1) is 0 Å². The molecule has 0 fully saturated rings. The van der Waals surface area contributed by atoms with Crippen LogP contribution < -0.4 is 4.72 Å². The second kappa shape index (κ2) is 5.43. The van der Waals surface area contributed by atoms with Crippen LogP contribution in [-0.4, -0.2) is 29.7 Å². The van der Waals surface area contributed by atoms with Crippen molar-refractivity contribution >= 4 is 16.0 Å². The average molecular weight is 295 g/mol. The van der Waals surface area contributed by atoms with Gasteiger partial charge in [0.05, 0.1) is 5.69 Å². The molecule has 0 atom stereocenters. The molecule has 2 rings (SSSR count). The highest BCUT2D eigenvalue weighted by molar-refractivity contribution is 7.89. The van der Waals surface area contributed by atoms with Crippen LogP contribution in [-0.2, 0) is 16.6 Å². The Bertz CT molecular complexity index is 722. The van der Waals surface area contributed by atoms with E-state index in [0.717, 1.165) is 5.56 Å². The van der Waals surface area contributed by atoms with E-state index in [0.29, 0.717) is 0 Å². The van der Waals surface area contributed by atoms with Gasteiger partial charge < -0.3 is 5.11 Å². The molecule has 1 heterocycles. The predicted molar refractivity (Wildman–Crippen MR) is 70.8 cm³/mol. The van der Waals surface area contributed by atoms with Crippen LogP contribution in [0.4, 0.5) is 0 Å². The monoisotopic (exact) mass is 295 g/mol. The molecule has 0 saturated carbocycles. The Morgan fingerprint density at radius 3 is 2.60 bits per heavy atom. The van der Waals surface area contributed by atoms with E-state index in [2.05, 4.69) is 14.9 Å². The zero-order chi connectivity index (χ0) is 14.8. The van der Waals surface area contributed by atoms with Gasteiger partial charge in [-0.1, -0.05) is 30.3 Å². The second-order valence-electron chi connectivity index (χ2n) is 4.14. The summed E-state index contributed by atoms with van der Waals surface area (Å²) in [5, 5.41) is 14.8. The number of sulfonamides is 1. The normalized spacial score (nSPS) is 11.4. The van der Waals surface area contributed by atoms with Gasteiger partial charge in [0.2, 0.25) is 10.0 Å². The quantitative estimate of drug-likeness (QED) is 0.758. The van der Waals surface area contributed by atoms with Crippen molar-refractivity contribution in [3.63, 3.8) is 0 Å². The maximum absolute atomic E-state index is 12.2. The lowest BCUT2D eigenvalue weighted by atomic mass is 10.2. The van der Waals surface area contributed by atoms with E-state index in [1.807, 2.05) is 6.07 Å². The molecule has 0 aliphatic heterocycles. The number of H-pyrrole nitrogens is 1. The van der Waals surface area contributed by atoms with Crippen molar-refractivity contribution in [2.24, 2.45) is 0 Å². The highest BCUT2D eigenvalue weighted by atomic mass is 32.2. The molecule has 20 heavy (non-hydrogen) atoms. The second-order valence-corrected chi connectivity index (χ2v) is 5.85. The lowest BCUT2D eigenvalue weighted by Crippen LogP contribution is -2.25. The molecule has 0 radical (unpaired) electrons. The molecule has 0 bridgehead atoms. The molecule has 0 aliphatic rings. The molecule has 0 amide bonds. The van der Waals surface area contributed by atoms with Crippen LogP contribution in [0.2, 0.25) is 0 Å². The SMILES string of the molecule is Cc1[nH]nc(C(=O)O)c1S(=O)(=O)NCc1ccccc1. The third kappa shape index (κ3) is 2.86. The van der Waals surface area contributed by atoms with Gasteiger partial charge in [0.15, 0.2) is 5.69 Å². The Kier molecular flexibility index (Phi) is 3.86. The highest BCUT2D eigenvalue weighted by Crippen LogP contribution is 2.17. The molecule has 1 aromatic carbocycles. The summed E-state index contributed by atoms with van der Waals surface area (Å²) in [5.74, 6) is -1.39. The molecule has 0 unspecified atom stereocenters. The van der Waals surface area contributed by atoms with Crippen molar-refractivity contribution in [3.8, 4) is 0 Å². The van der Waals surface area contributed by atoms with Gasteiger partial charge in [0, 0.05) is 6.54 Å². The molecule has 0 aliphatic carbocycles. The molecule has 8 heteroatoms. The lowest BCUT2D eigenvalue weighted by Gasteiger charge is -2.06. The Labute approximate surface area is 115 Å². The topological polar surface area (TPSA) is 112 Å². The van der Waals surface area contributed by atoms with Gasteiger partial charge >= 0.3 is 5.97 Å². The number of aryl methyl sites for hydroxylation is 1. The summed E-state index contributed by atoms with van der Waals surface area (Å²) < 4.78 is 26.7. The first-order valence-electron chi connectivity index (χ1n) is 5.73. The molecular formula is C12H13N3O4S. The number of carboxylic acid groups (broad SMARTS) is 1. The van der Waals surface area contributed by atoms with E-state index < -0.39 is 21.7 Å². The first-order valence-corrected chi connectivity index (χ1v) is 7.22. The maximum atomic E-state index is 12.2. The predicted octanol–water partition coefficient (Wildman–Crippen LogP) is 0.895. The number of benzene rings is 1. The van der Waals surface area contributed by atoms with Crippen molar-refractivity contribution < 1.29 is 18.3 Å². The summed E-state index contributed by atoms with van der Waals surface area (Å²) in [5.41, 5.74) is 0.445. The lowest BCUT2D eigenvalue weighted by molar-refractivity contribution is 0.0686. The minimum Gasteiger partial charge on any atom is -0.476 e. The minimum absolute atomic E-state index is 0.0762. The first-order chi connectivity index (χ1) is 9.42. The Hall–Kier alpha value is -2.19. The summed E-state index contributed by atoms with van der Waals surface area (Å²) in [4.78, 5) is 10.6. The van der Waals surface area contributed by atoms with Crippen LogP contribution in [0.15, 0.2) is 35.2 Å². The van der Waals surface area contributed by atoms with E-state index in [9.17, 15) is 13.2 Å². The molecule has 1 aromatic heterocycles. The smallest absolute Gasteiger partial charge is 0.357 e. The summed E-state index contributed by atoms with van der Waals surface area (Å²) in [6, 6.07) is 8.93. The van der Waals surface area contributed by atoms with Crippen LogP contribution in [0.5, 0.6) is 0 Å². The summed E-state index contributed by atoms with van der Waals surface area (Å²) in [6.45, 7) is 1.53. The van der Waals surface area contributed by atoms with Gasteiger partial charge in [0.1, 0.15) is 4.90 Å². The number of nitrogens with zero attached hydrogens (tertiary/aromatic N) is 1. The molecule has 0 saturated heterocycles. The number of aromatic amines is 1. The zero-order valence-corrected chi connectivity index (χ0v) is 11.4. The number of aromatic carboxylic acids is 1. The number of hydrogen-bond acceptors (Lipinski definition) is 4. The van der Waals surface area contributed by atoms with E-state index in [4.69, 9.17) is 5.11 Å². The van der Waals surface area contributed by atoms with Crippen molar-refractivity contribution in [1.82, 2.24) is 14.9 Å². The van der Waals surface area contributed by atoms with Crippen molar-refractivity contribution in [3.05, 3.63) is 47.3 Å². The summed E-state index contributed by atoms with van der Waals surface area (Å²) in [6.07, 6.45) is 0. The fourth-order valence-electron chi connectivity index (χ4n) is 1.74. The van der Waals surface area contributed by atoms with Crippen LogP contribution in [0.1, 0.15) is 21.7 Å². The third-order valence-corrected chi connectivity index (χ3v) is 4.23. The highest BCUT2D eigenvalue weighted by Gasteiger charge is 2.27. The number of hydrogen-bond donors (Lipinski definition) is 3. The Balaban J connectivity index is 2.27. The molecular weight excluding hydrogens is 282 g/mol.